The van der Waals surface area contributed by atoms with Crippen LogP contribution in [0.25, 0.3) is 5.76 Å². The van der Waals surface area contributed by atoms with Crippen LogP contribution in [-0.4, -0.2) is 65.2 Å². The van der Waals surface area contributed by atoms with Gasteiger partial charge in [0.1, 0.15) is 17.6 Å². The first-order valence-corrected chi connectivity index (χ1v) is 12.7. The van der Waals surface area contributed by atoms with Gasteiger partial charge >= 0.3 is 0 Å². The van der Waals surface area contributed by atoms with Crippen molar-refractivity contribution in [3.63, 3.8) is 0 Å². The number of fused-ring (bicyclic) bond motifs is 1. The summed E-state index contributed by atoms with van der Waals surface area (Å²) < 4.78 is 24.2. The molecule has 0 aliphatic carbocycles. The lowest BCUT2D eigenvalue weighted by Gasteiger charge is -2.26. The predicted octanol–water partition coefficient (Wildman–Crippen LogP) is 3.74. The van der Waals surface area contributed by atoms with Gasteiger partial charge in [-0.25, -0.2) is 4.98 Å². The molecular weight excluding hydrogens is 502 g/mol. The van der Waals surface area contributed by atoms with Crippen LogP contribution >= 0.6 is 0 Å². The Kier molecular flexibility index (Phi) is 7.19. The molecule has 0 spiro atoms. The lowest BCUT2D eigenvalue weighted by molar-refractivity contribution is -0.139. The molecule has 3 aromatic rings. The summed E-state index contributed by atoms with van der Waals surface area (Å²) in [4.78, 5) is 32.4. The molecule has 10 heteroatoms. The van der Waals surface area contributed by atoms with Crippen LogP contribution in [0.15, 0.2) is 54.6 Å². The van der Waals surface area contributed by atoms with Crippen molar-refractivity contribution in [1.29, 1.82) is 0 Å². The van der Waals surface area contributed by atoms with E-state index in [4.69, 9.17) is 18.9 Å². The molecule has 1 N–H and O–H groups in total. The molecule has 1 amide bonds. The number of aryl methyl sites for hydroxylation is 1. The molecule has 1 fully saturated rings. The number of aliphatic hydroxyl groups is 1. The first-order chi connectivity index (χ1) is 18.9. The summed E-state index contributed by atoms with van der Waals surface area (Å²) in [6.07, 6.45) is 6.50. The van der Waals surface area contributed by atoms with E-state index in [1.165, 1.54) is 26.2 Å². The van der Waals surface area contributed by atoms with Crippen molar-refractivity contribution in [2.75, 3.05) is 27.9 Å². The zero-order valence-corrected chi connectivity index (χ0v) is 22.3. The molecule has 3 heterocycles. The monoisotopic (exact) mass is 533 g/mol. The number of methoxy groups -OCH3 is 3. The van der Waals surface area contributed by atoms with Gasteiger partial charge in [0, 0.05) is 37.5 Å². The van der Waals surface area contributed by atoms with Crippen molar-refractivity contribution in [2.45, 2.75) is 38.5 Å². The number of amides is 1. The first kappa shape index (κ1) is 26.1. The van der Waals surface area contributed by atoms with Crippen LogP contribution in [-0.2, 0) is 22.6 Å². The number of rotatable bonds is 9. The third-order valence-corrected chi connectivity index (χ3v) is 7.09. The number of hydrogen-bond donors (Lipinski definition) is 1. The van der Waals surface area contributed by atoms with Gasteiger partial charge in [-0.3, -0.25) is 9.59 Å². The average Bonchev–Trinajstić information content (AvgIpc) is 3.65. The molecule has 204 valence electrons. The molecule has 10 nitrogen and oxygen atoms in total. The van der Waals surface area contributed by atoms with Crippen molar-refractivity contribution in [2.24, 2.45) is 0 Å². The largest absolute Gasteiger partial charge is 0.507 e. The van der Waals surface area contributed by atoms with E-state index >= 15 is 0 Å². The van der Waals surface area contributed by atoms with Gasteiger partial charge in [0.25, 0.3) is 11.7 Å². The van der Waals surface area contributed by atoms with Gasteiger partial charge in [-0.05, 0) is 54.8 Å². The number of likely N-dealkylation sites (tertiary alicyclic amines) is 1. The van der Waals surface area contributed by atoms with Gasteiger partial charge in [0.15, 0.2) is 11.5 Å². The highest BCUT2D eigenvalue weighted by molar-refractivity contribution is 6.46. The molecule has 2 atom stereocenters. The van der Waals surface area contributed by atoms with Crippen LogP contribution in [0.5, 0.6) is 23.0 Å². The number of benzene rings is 2. The number of ketones is 1. The fourth-order valence-electron chi connectivity index (χ4n) is 5.28. The summed E-state index contributed by atoms with van der Waals surface area (Å²) in [7, 11) is 4.49. The number of nitrogens with zero attached hydrogens (tertiary/aromatic N) is 3. The van der Waals surface area contributed by atoms with Crippen LogP contribution in [0.1, 0.15) is 36.1 Å². The number of carbonyl (C=O) groups is 2. The Hall–Kier alpha value is -4.47. The molecule has 0 saturated carbocycles. The summed E-state index contributed by atoms with van der Waals surface area (Å²) in [6, 6.07) is 7.82. The Labute approximate surface area is 226 Å². The Morgan fingerprint density at radius 3 is 2.46 bits per heavy atom. The van der Waals surface area contributed by atoms with E-state index in [9.17, 15) is 14.7 Å². The van der Waals surface area contributed by atoms with Gasteiger partial charge in [0.2, 0.25) is 5.75 Å². The quantitative estimate of drug-likeness (QED) is 0.252. The van der Waals surface area contributed by atoms with Crippen LogP contribution in [0, 0.1) is 0 Å². The minimum absolute atomic E-state index is 0.00353. The fraction of sp³-hybridized carbons (Fsp3) is 0.345. The van der Waals surface area contributed by atoms with Crippen LogP contribution in [0.4, 0.5) is 0 Å². The maximum absolute atomic E-state index is 13.5. The van der Waals surface area contributed by atoms with Crippen LogP contribution < -0.4 is 18.9 Å². The number of Topliss-reactive ketones (excluding diaryl/α,β-unsaturated/α-hetero) is 1. The third kappa shape index (κ3) is 4.78. The molecule has 0 bridgehead atoms. The van der Waals surface area contributed by atoms with Gasteiger partial charge in [-0.2, -0.15) is 0 Å². The zero-order valence-electron chi connectivity index (χ0n) is 22.3. The van der Waals surface area contributed by atoms with Crippen LogP contribution in [0.3, 0.4) is 0 Å². The lowest BCUT2D eigenvalue weighted by Crippen LogP contribution is -2.31. The molecule has 39 heavy (non-hydrogen) atoms. The van der Waals surface area contributed by atoms with E-state index in [0.29, 0.717) is 47.8 Å². The second-order valence-corrected chi connectivity index (χ2v) is 9.56. The fourth-order valence-corrected chi connectivity index (χ4v) is 5.28. The minimum Gasteiger partial charge on any atom is -0.507 e. The summed E-state index contributed by atoms with van der Waals surface area (Å²) in [5, 5.41) is 11.5. The van der Waals surface area contributed by atoms with Crippen molar-refractivity contribution < 1.29 is 33.6 Å². The molecule has 1 aromatic heterocycles. The zero-order chi connectivity index (χ0) is 27.7. The van der Waals surface area contributed by atoms with E-state index in [1.807, 2.05) is 23.8 Å². The molecular formula is C29H31N3O7. The number of aromatic nitrogens is 2. The summed E-state index contributed by atoms with van der Waals surface area (Å²) in [6.45, 7) is 2.85. The van der Waals surface area contributed by atoms with Crippen molar-refractivity contribution in [3.05, 3.63) is 71.3 Å². The summed E-state index contributed by atoms with van der Waals surface area (Å²) in [5.41, 5.74) is 1.93. The van der Waals surface area contributed by atoms with Gasteiger partial charge in [0.05, 0.1) is 39.3 Å². The second kappa shape index (κ2) is 10.7. The molecule has 2 aromatic carbocycles. The van der Waals surface area contributed by atoms with Gasteiger partial charge < -0.3 is 33.5 Å². The minimum atomic E-state index is -0.870. The molecule has 0 radical (unpaired) electrons. The molecule has 2 aliphatic rings. The maximum atomic E-state index is 13.5. The van der Waals surface area contributed by atoms with Crippen LogP contribution in [0.2, 0.25) is 0 Å². The highest BCUT2D eigenvalue weighted by Crippen LogP contribution is 2.46. The van der Waals surface area contributed by atoms with Crippen molar-refractivity contribution in [3.8, 4) is 23.0 Å². The number of imidazole rings is 1. The number of aliphatic hydroxyl groups excluding tert-OH is 1. The summed E-state index contributed by atoms with van der Waals surface area (Å²) in [5.74, 6) is 0.206. The van der Waals surface area contributed by atoms with E-state index in [0.717, 1.165) is 11.3 Å². The smallest absolute Gasteiger partial charge is 0.295 e. The standard InChI is InChI=1S/C29H31N3O7/c1-17-12-19-13-18(6-7-21(19)39-17)26(33)24-25(20-14-22(36-2)28(38-4)23(15-20)37-3)32(29(35)27(24)34)10-5-9-31-11-8-30-16-31/h6-8,11,13-17,25,33H,5,9-10,12H2,1-4H3/b26-24+/t17-,25+/m1/s1. The SMILES string of the molecule is COc1cc([C@H]2/C(=C(\O)c3ccc4c(c3)C[C@@H](C)O4)C(=O)C(=O)N2CCCn2ccnc2)cc(OC)c1OC. The Balaban J connectivity index is 1.61. The van der Waals surface area contributed by atoms with E-state index in [2.05, 4.69) is 4.98 Å². The number of ether oxygens (including phenoxy) is 4. The normalized spacial score (nSPS) is 19.6. The van der Waals surface area contributed by atoms with E-state index in [1.54, 1.807) is 36.8 Å². The van der Waals surface area contributed by atoms with Crippen molar-refractivity contribution in [1.82, 2.24) is 14.5 Å². The average molecular weight is 534 g/mol. The summed E-state index contributed by atoms with van der Waals surface area (Å²) >= 11 is 0. The predicted molar refractivity (Wildman–Crippen MR) is 142 cm³/mol. The van der Waals surface area contributed by atoms with Crippen molar-refractivity contribution >= 4 is 17.4 Å². The Bertz CT molecular complexity index is 1410. The van der Waals surface area contributed by atoms with E-state index < -0.39 is 17.7 Å². The maximum Gasteiger partial charge on any atom is 0.295 e. The van der Waals surface area contributed by atoms with E-state index in [-0.39, 0.29) is 24.0 Å². The third-order valence-electron chi connectivity index (χ3n) is 7.09. The van der Waals surface area contributed by atoms with Gasteiger partial charge in [-0.15, -0.1) is 0 Å². The second-order valence-electron chi connectivity index (χ2n) is 9.56. The molecule has 1 saturated heterocycles. The molecule has 0 unspecified atom stereocenters. The highest BCUT2D eigenvalue weighted by Gasteiger charge is 2.46. The number of carbonyl (C=O) groups excluding carboxylic acids is 2. The lowest BCUT2D eigenvalue weighted by atomic mass is 9.94. The Morgan fingerprint density at radius 2 is 1.82 bits per heavy atom. The Morgan fingerprint density at radius 1 is 1.08 bits per heavy atom. The molecule has 2 aliphatic heterocycles. The van der Waals surface area contributed by atoms with Gasteiger partial charge in [-0.1, -0.05) is 0 Å². The highest BCUT2D eigenvalue weighted by atomic mass is 16.5. The topological polar surface area (TPSA) is 112 Å². The number of hydrogen-bond acceptors (Lipinski definition) is 8. The first-order valence-electron chi connectivity index (χ1n) is 12.7. The molecule has 5 rings (SSSR count).